The van der Waals surface area contributed by atoms with Gasteiger partial charge in [0, 0.05) is 36.9 Å². The Morgan fingerprint density at radius 2 is 2.09 bits per heavy atom. The molecule has 1 heterocycles. The van der Waals surface area contributed by atoms with Crippen LogP contribution in [0.2, 0.25) is 0 Å². The van der Waals surface area contributed by atoms with Crippen LogP contribution < -0.4 is 0 Å². The van der Waals surface area contributed by atoms with Gasteiger partial charge in [-0.1, -0.05) is 0 Å². The van der Waals surface area contributed by atoms with Crippen LogP contribution >= 0.6 is 23.5 Å². The molecule has 23 heavy (non-hydrogen) atoms. The molecule has 1 aromatic carbocycles. The minimum absolute atomic E-state index is 0.0110. The first-order valence-electron chi connectivity index (χ1n) is 7.24. The highest BCUT2D eigenvalue weighted by atomic mass is 32.2. The molecule has 1 aliphatic heterocycles. The van der Waals surface area contributed by atoms with Crippen molar-refractivity contribution in [2.75, 3.05) is 31.5 Å². The predicted octanol–water partition coefficient (Wildman–Crippen LogP) is 2.03. The Morgan fingerprint density at radius 3 is 2.70 bits per heavy atom. The summed E-state index contributed by atoms with van der Waals surface area (Å²) in [6, 6.07) is 9.07. The number of nitrogens with zero attached hydrogens (tertiary/aromatic N) is 3. The molecule has 1 saturated heterocycles. The van der Waals surface area contributed by atoms with Gasteiger partial charge in [-0.15, -0.1) is 23.5 Å². The molecule has 122 valence electrons. The van der Waals surface area contributed by atoms with Crippen molar-refractivity contribution in [1.29, 1.82) is 5.26 Å². The second kappa shape index (κ2) is 8.27. The Labute approximate surface area is 145 Å². The molecule has 5 nitrogen and oxygen atoms in total. The lowest BCUT2D eigenvalue weighted by Crippen LogP contribution is -2.46. The zero-order valence-electron chi connectivity index (χ0n) is 13.2. The molecular weight excluding hydrogens is 330 g/mol. The van der Waals surface area contributed by atoms with Crippen LogP contribution in [0, 0.1) is 11.3 Å². The molecule has 0 aromatic heterocycles. The van der Waals surface area contributed by atoms with E-state index in [1.165, 1.54) is 0 Å². The predicted molar refractivity (Wildman–Crippen MR) is 93.2 cm³/mol. The molecule has 0 spiro atoms. The number of rotatable bonds is 5. The summed E-state index contributed by atoms with van der Waals surface area (Å²) in [6.45, 7) is 0. The summed E-state index contributed by atoms with van der Waals surface area (Å²) in [7, 11) is 3.43. The van der Waals surface area contributed by atoms with Crippen LogP contribution in [-0.2, 0) is 9.59 Å². The van der Waals surface area contributed by atoms with Crippen molar-refractivity contribution in [3.8, 4) is 6.07 Å². The van der Waals surface area contributed by atoms with Crippen LogP contribution in [-0.4, -0.2) is 59.1 Å². The first-order chi connectivity index (χ1) is 11.0. The molecule has 1 fully saturated rings. The van der Waals surface area contributed by atoms with Crippen LogP contribution in [0.3, 0.4) is 0 Å². The first kappa shape index (κ1) is 17.7. The molecule has 1 aromatic rings. The number of carbonyl (C=O) groups is 2. The van der Waals surface area contributed by atoms with Crippen LogP contribution in [0.5, 0.6) is 0 Å². The second-order valence-electron chi connectivity index (χ2n) is 5.35. The first-order valence-corrected chi connectivity index (χ1v) is 9.38. The minimum Gasteiger partial charge on any atom is -0.347 e. The summed E-state index contributed by atoms with van der Waals surface area (Å²) in [5.41, 5.74) is 0.629. The van der Waals surface area contributed by atoms with E-state index in [1.54, 1.807) is 59.6 Å². The highest BCUT2D eigenvalue weighted by molar-refractivity contribution is 7.99. The Morgan fingerprint density at radius 1 is 1.39 bits per heavy atom. The van der Waals surface area contributed by atoms with Crippen LogP contribution in [0.1, 0.15) is 12.0 Å². The number of hydrogen-bond donors (Lipinski definition) is 0. The molecule has 0 N–H and O–H groups in total. The van der Waals surface area contributed by atoms with E-state index in [0.717, 1.165) is 4.90 Å². The molecule has 7 heteroatoms. The number of hydrogen-bond acceptors (Lipinski definition) is 5. The van der Waals surface area contributed by atoms with Gasteiger partial charge in [0.05, 0.1) is 17.5 Å². The van der Waals surface area contributed by atoms with Gasteiger partial charge < -0.3 is 9.80 Å². The van der Waals surface area contributed by atoms with Crippen LogP contribution in [0.4, 0.5) is 0 Å². The quantitative estimate of drug-likeness (QED) is 0.761. The van der Waals surface area contributed by atoms with E-state index in [-0.39, 0.29) is 17.9 Å². The van der Waals surface area contributed by atoms with E-state index in [4.69, 9.17) is 5.26 Å². The molecule has 0 saturated carbocycles. The second-order valence-corrected chi connectivity index (χ2v) is 7.51. The summed E-state index contributed by atoms with van der Waals surface area (Å²) < 4.78 is 0. The SMILES string of the molecule is CN(C)C(=O)C1CSCN1C(=O)CCSc1ccc(C#N)cc1. The van der Waals surface area contributed by atoms with Crippen molar-refractivity contribution >= 4 is 35.3 Å². The maximum Gasteiger partial charge on any atom is 0.245 e. The average molecular weight is 349 g/mol. The Bertz CT molecular complexity index is 611. The van der Waals surface area contributed by atoms with Gasteiger partial charge in [0.1, 0.15) is 6.04 Å². The van der Waals surface area contributed by atoms with Crippen LogP contribution in [0.25, 0.3) is 0 Å². The van der Waals surface area contributed by atoms with Gasteiger partial charge in [-0.3, -0.25) is 9.59 Å². The molecule has 0 bridgehead atoms. The fourth-order valence-corrected chi connectivity index (χ4v) is 4.23. The van der Waals surface area contributed by atoms with E-state index in [9.17, 15) is 9.59 Å². The van der Waals surface area contributed by atoms with E-state index in [2.05, 4.69) is 6.07 Å². The third-order valence-corrected chi connectivity index (χ3v) is 5.52. The Kier molecular flexibility index (Phi) is 6.37. The molecule has 2 amide bonds. The van der Waals surface area contributed by atoms with Gasteiger partial charge in [-0.05, 0) is 24.3 Å². The molecular formula is C16H19N3O2S2. The number of likely N-dealkylation sites (N-methyl/N-ethyl adjacent to an activating group) is 1. The topological polar surface area (TPSA) is 64.4 Å². The fourth-order valence-electron chi connectivity index (χ4n) is 2.22. The van der Waals surface area contributed by atoms with E-state index in [0.29, 0.717) is 29.4 Å². The third-order valence-electron chi connectivity index (χ3n) is 3.50. The average Bonchev–Trinajstić information content (AvgIpc) is 3.04. The molecule has 1 unspecified atom stereocenters. The molecule has 1 aliphatic rings. The maximum absolute atomic E-state index is 12.4. The van der Waals surface area contributed by atoms with Crippen molar-refractivity contribution in [2.24, 2.45) is 0 Å². The van der Waals surface area contributed by atoms with Crippen molar-refractivity contribution < 1.29 is 9.59 Å². The van der Waals surface area contributed by atoms with E-state index in [1.807, 2.05) is 12.1 Å². The molecule has 1 atom stereocenters. The highest BCUT2D eigenvalue weighted by Gasteiger charge is 2.34. The zero-order valence-corrected chi connectivity index (χ0v) is 14.8. The molecule has 2 rings (SSSR count). The third kappa shape index (κ3) is 4.66. The van der Waals surface area contributed by atoms with Gasteiger partial charge in [0.2, 0.25) is 11.8 Å². The van der Waals surface area contributed by atoms with Gasteiger partial charge >= 0.3 is 0 Å². The molecule has 0 aliphatic carbocycles. The highest BCUT2D eigenvalue weighted by Crippen LogP contribution is 2.24. The van der Waals surface area contributed by atoms with E-state index >= 15 is 0 Å². The van der Waals surface area contributed by atoms with Crippen molar-refractivity contribution in [3.05, 3.63) is 29.8 Å². The van der Waals surface area contributed by atoms with Gasteiger partial charge in [0.25, 0.3) is 0 Å². The Hall–Kier alpha value is -1.65. The summed E-state index contributed by atoms with van der Waals surface area (Å²) in [5.74, 6) is 1.93. The van der Waals surface area contributed by atoms with E-state index < -0.39 is 0 Å². The summed E-state index contributed by atoms with van der Waals surface area (Å²) in [5, 5.41) is 8.77. The summed E-state index contributed by atoms with van der Waals surface area (Å²) in [4.78, 5) is 28.7. The Balaban J connectivity index is 1.84. The molecule has 0 radical (unpaired) electrons. The number of nitriles is 1. The standard InChI is InChI=1S/C16H19N3O2S2/c1-18(2)16(21)14-10-22-11-19(14)15(20)7-8-23-13-5-3-12(9-17)4-6-13/h3-6,14H,7-8,10-11H2,1-2H3. The number of carbonyl (C=O) groups excluding carboxylic acids is 2. The number of benzene rings is 1. The van der Waals surface area contributed by atoms with Gasteiger partial charge in [-0.2, -0.15) is 5.26 Å². The maximum atomic E-state index is 12.4. The van der Waals surface area contributed by atoms with Crippen molar-refractivity contribution in [1.82, 2.24) is 9.80 Å². The van der Waals surface area contributed by atoms with Crippen molar-refractivity contribution in [3.63, 3.8) is 0 Å². The fraction of sp³-hybridized carbons (Fsp3) is 0.438. The minimum atomic E-state index is -0.331. The van der Waals surface area contributed by atoms with Gasteiger partial charge in [-0.25, -0.2) is 0 Å². The lowest BCUT2D eigenvalue weighted by Gasteiger charge is -2.25. The smallest absolute Gasteiger partial charge is 0.245 e. The number of amides is 2. The lowest BCUT2D eigenvalue weighted by atomic mass is 10.2. The largest absolute Gasteiger partial charge is 0.347 e. The normalized spacial score (nSPS) is 16.9. The van der Waals surface area contributed by atoms with Crippen LogP contribution in [0.15, 0.2) is 29.2 Å². The summed E-state index contributed by atoms with van der Waals surface area (Å²) in [6.07, 6.45) is 0.405. The van der Waals surface area contributed by atoms with Crippen molar-refractivity contribution in [2.45, 2.75) is 17.4 Å². The van der Waals surface area contributed by atoms with Gasteiger partial charge in [0.15, 0.2) is 0 Å². The summed E-state index contributed by atoms with van der Waals surface area (Å²) >= 11 is 3.20. The lowest BCUT2D eigenvalue weighted by molar-refractivity contribution is -0.141. The zero-order chi connectivity index (χ0) is 16.8. The number of thioether (sulfide) groups is 2. The monoisotopic (exact) mass is 349 g/mol.